The standard InChI is InChI=1S/C40H36Cl2N2O14/c1-20-4-5-28(43(15-35(48)49)16-36(50)51)33(8-20)56-6-7-57-34-11-23(32(58-19-45)14-29(34)44(17-37(52)53)18-38(54)55)39-21-9-26(41)30(46)12-24(21)40(2,3)25-13-31(47)27(42)10-22(25)39/h4-5,8-14,19,46H,6-7,15-18H2,1-3H3,(H,48,49)(H,50,51)(H,52,53)(H,54,55). The van der Waals surface area contributed by atoms with Crippen LogP contribution in [0.3, 0.4) is 0 Å². The summed E-state index contributed by atoms with van der Waals surface area (Å²) in [6.45, 7) is 1.96. The van der Waals surface area contributed by atoms with Gasteiger partial charge in [-0.25, -0.2) is 0 Å². The van der Waals surface area contributed by atoms with Crippen LogP contribution >= 0.6 is 23.2 Å². The van der Waals surface area contributed by atoms with Crippen molar-refractivity contribution in [3.63, 3.8) is 0 Å². The Kier molecular flexibility index (Phi) is 12.7. The summed E-state index contributed by atoms with van der Waals surface area (Å²) in [5, 5.41) is 48.9. The maximum Gasteiger partial charge on any atom is 0.323 e. The van der Waals surface area contributed by atoms with Crippen molar-refractivity contribution in [2.45, 2.75) is 26.2 Å². The fourth-order valence-corrected chi connectivity index (χ4v) is 7.13. The van der Waals surface area contributed by atoms with E-state index in [1.807, 2.05) is 13.8 Å². The van der Waals surface area contributed by atoms with Gasteiger partial charge in [0.1, 0.15) is 62.4 Å². The van der Waals surface area contributed by atoms with Crippen LogP contribution < -0.4 is 24.0 Å². The monoisotopic (exact) mass is 838 g/mol. The average Bonchev–Trinajstić information content (AvgIpc) is 3.11. The van der Waals surface area contributed by atoms with E-state index in [1.165, 1.54) is 42.5 Å². The Morgan fingerprint density at radius 3 is 1.84 bits per heavy atom. The van der Waals surface area contributed by atoms with E-state index in [4.69, 9.17) is 37.4 Å². The van der Waals surface area contributed by atoms with Gasteiger partial charge in [0.05, 0.1) is 21.4 Å². The number of carbonyl (C=O) groups excluding carboxylic acids is 2. The van der Waals surface area contributed by atoms with Gasteiger partial charge in [-0.15, -0.1) is 0 Å². The first kappa shape index (κ1) is 42.6. The second-order valence-electron chi connectivity index (χ2n) is 13.7. The van der Waals surface area contributed by atoms with E-state index in [2.05, 4.69) is 0 Å². The number of halogens is 2. The zero-order valence-electron chi connectivity index (χ0n) is 31.1. The molecule has 5 N–H and O–H groups in total. The van der Waals surface area contributed by atoms with Crippen LogP contribution in [0.5, 0.6) is 23.0 Å². The van der Waals surface area contributed by atoms with Gasteiger partial charge >= 0.3 is 23.9 Å². The number of carboxylic acid groups (broad SMARTS) is 4. The summed E-state index contributed by atoms with van der Waals surface area (Å²) in [5.41, 5.74) is 2.11. The van der Waals surface area contributed by atoms with Crippen LogP contribution in [0.15, 0.2) is 70.8 Å². The number of ketones is 1. The molecule has 18 heteroatoms. The topological polar surface area (TPSA) is 238 Å². The SMILES string of the molecule is Cc1ccc(N(CC(=O)O)CC(=O)O)c(OCCOc2cc(C3=C4C=C(Cl)C(=O)C=C4C(C)(C)c4cc(O)c(Cl)cc43)c(OC=O)cc2N(CC(=O)O)CC(=O)O)c1. The van der Waals surface area contributed by atoms with Crippen LogP contribution in [0.1, 0.15) is 36.1 Å². The van der Waals surface area contributed by atoms with Crippen LogP contribution in [0.2, 0.25) is 5.02 Å². The molecule has 0 atom stereocenters. The van der Waals surface area contributed by atoms with Crippen molar-refractivity contribution < 1.29 is 68.5 Å². The van der Waals surface area contributed by atoms with Crippen molar-refractivity contribution in [1.29, 1.82) is 0 Å². The highest BCUT2D eigenvalue weighted by molar-refractivity contribution is 6.45. The number of rotatable bonds is 18. The van der Waals surface area contributed by atoms with Crippen molar-refractivity contribution >= 4 is 76.3 Å². The fraction of sp³-hybridized carbons (Fsp3) is 0.250. The number of aryl methyl sites for hydroxylation is 1. The van der Waals surface area contributed by atoms with Gasteiger partial charge in [0.15, 0.2) is 5.78 Å². The lowest BCUT2D eigenvalue weighted by molar-refractivity contribution is -0.138. The number of hydrogen-bond donors (Lipinski definition) is 5. The molecule has 0 amide bonds. The highest BCUT2D eigenvalue weighted by atomic mass is 35.5. The molecule has 16 nitrogen and oxygen atoms in total. The average molecular weight is 840 g/mol. The molecule has 2 aliphatic carbocycles. The minimum atomic E-state index is -1.40. The van der Waals surface area contributed by atoms with Gasteiger partial charge in [-0.3, -0.25) is 28.8 Å². The van der Waals surface area contributed by atoms with Gasteiger partial charge < -0.3 is 49.5 Å². The highest BCUT2D eigenvalue weighted by Crippen LogP contribution is 2.54. The molecular formula is C40H36Cl2N2O14. The predicted molar refractivity (Wildman–Crippen MR) is 209 cm³/mol. The molecule has 0 heterocycles. The van der Waals surface area contributed by atoms with Gasteiger partial charge in [0, 0.05) is 22.6 Å². The molecule has 0 spiro atoms. The van der Waals surface area contributed by atoms with Crippen molar-refractivity contribution in [2.75, 3.05) is 49.2 Å². The molecule has 0 aromatic heterocycles. The number of ether oxygens (including phenoxy) is 3. The molecule has 5 rings (SSSR count). The maximum atomic E-state index is 12.9. The number of carbonyl (C=O) groups is 6. The molecule has 3 aromatic rings. The molecular weight excluding hydrogens is 803 g/mol. The highest BCUT2D eigenvalue weighted by Gasteiger charge is 2.41. The van der Waals surface area contributed by atoms with Crippen LogP contribution in [0.4, 0.5) is 11.4 Å². The smallest absolute Gasteiger partial charge is 0.323 e. The zero-order chi connectivity index (χ0) is 42.6. The van der Waals surface area contributed by atoms with Crippen LogP contribution in [-0.4, -0.2) is 101 Å². The first-order valence-corrected chi connectivity index (χ1v) is 18.0. The lowest BCUT2D eigenvalue weighted by Gasteiger charge is -2.39. The number of phenols is 1. The number of phenolic OH excluding ortho intramolecular Hbond substituents is 1. The molecule has 0 saturated carbocycles. The summed E-state index contributed by atoms with van der Waals surface area (Å²) < 4.78 is 17.6. The van der Waals surface area contributed by atoms with Crippen molar-refractivity contribution in [2.24, 2.45) is 0 Å². The molecule has 3 aromatic carbocycles. The Hall–Kier alpha value is -6.52. The number of fused-ring (bicyclic) bond motifs is 2. The summed E-state index contributed by atoms with van der Waals surface area (Å²) >= 11 is 12.9. The Bertz CT molecular complexity index is 2300. The number of anilines is 2. The molecule has 0 fully saturated rings. The number of allylic oxidation sites excluding steroid dienone is 5. The molecule has 0 aliphatic heterocycles. The Labute approximate surface area is 340 Å². The van der Waals surface area contributed by atoms with Gasteiger partial charge in [-0.1, -0.05) is 43.1 Å². The molecule has 58 heavy (non-hydrogen) atoms. The van der Waals surface area contributed by atoms with Crippen molar-refractivity contribution in [3.8, 4) is 23.0 Å². The molecule has 0 saturated heterocycles. The quantitative estimate of drug-likeness (QED) is 0.0835. The van der Waals surface area contributed by atoms with Crippen molar-refractivity contribution in [1.82, 2.24) is 0 Å². The Morgan fingerprint density at radius 2 is 1.29 bits per heavy atom. The second kappa shape index (κ2) is 17.3. The van der Waals surface area contributed by atoms with E-state index in [0.717, 1.165) is 9.80 Å². The van der Waals surface area contributed by atoms with E-state index in [9.17, 15) is 54.3 Å². The zero-order valence-corrected chi connectivity index (χ0v) is 32.6. The molecule has 304 valence electrons. The normalized spacial score (nSPS) is 14.0. The number of benzene rings is 3. The van der Waals surface area contributed by atoms with Crippen LogP contribution in [-0.2, 0) is 34.2 Å². The van der Waals surface area contributed by atoms with Gasteiger partial charge in [0.25, 0.3) is 6.47 Å². The summed E-state index contributed by atoms with van der Waals surface area (Å²) in [4.78, 5) is 74.1. The maximum absolute atomic E-state index is 12.9. The largest absolute Gasteiger partial charge is 0.506 e. The van der Waals surface area contributed by atoms with E-state index < -0.39 is 61.3 Å². The van der Waals surface area contributed by atoms with Crippen molar-refractivity contribution in [3.05, 3.63) is 98.1 Å². The van der Waals surface area contributed by atoms with Crippen LogP contribution in [0.25, 0.3) is 5.57 Å². The number of aliphatic carboxylic acids is 4. The number of aromatic hydroxyl groups is 1. The number of carboxylic acids is 4. The van der Waals surface area contributed by atoms with Gasteiger partial charge in [-0.05, 0) is 77.2 Å². The third-order valence-corrected chi connectivity index (χ3v) is 9.85. The van der Waals surface area contributed by atoms with E-state index >= 15 is 0 Å². The van der Waals surface area contributed by atoms with Gasteiger partial charge in [0.2, 0.25) is 0 Å². The fourth-order valence-electron chi connectivity index (χ4n) is 6.81. The molecule has 0 radical (unpaired) electrons. The third-order valence-electron chi connectivity index (χ3n) is 9.25. The lowest BCUT2D eigenvalue weighted by atomic mass is 9.64. The van der Waals surface area contributed by atoms with E-state index in [0.29, 0.717) is 33.4 Å². The van der Waals surface area contributed by atoms with E-state index in [-0.39, 0.29) is 69.7 Å². The molecule has 2 aliphatic rings. The minimum absolute atomic E-state index is 0.0416. The number of nitrogens with zero attached hydrogens (tertiary/aromatic N) is 2. The van der Waals surface area contributed by atoms with Crippen LogP contribution in [0, 0.1) is 6.92 Å². The third kappa shape index (κ3) is 9.19. The summed E-state index contributed by atoms with van der Waals surface area (Å²) in [5.74, 6) is -6.28. The molecule has 0 unspecified atom stereocenters. The first-order chi connectivity index (χ1) is 27.3. The lowest BCUT2D eigenvalue weighted by Crippen LogP contribution is -2.35. The summed E-state index contributed by atoms with van der Waals surface area (Å²) in [6.07, 6.45) is 2.79. The Balaban J connectivity index is 1.68. The number of hydrogen-bond acceptors (Lipinski definition) is 12. The predicted octanol–water partition coefficient (Wildman–Crippen LogP) is 5.02. The van der Waals surface area contributed by atoms with E-state index in [1.54, 1.807) is 19.1 Å². The molecule has 0 bridgehead atoms. The first-order valence-electron chi connectivity index (χ1n) is 17.3. The second-order valence-corrected chi connectivity index (χ2v) is 14.5. The summed E-state index contributed by atoms with van der Waals surface area (Å²) in [6, 6.07) is 10.2. The summed E-state index contributed by atoms with van der Waals surface area (Å²) in [7, 11) is 0. The Morgan fingerprint density at radius 1 is 0.741 bits per heavy atom. The van der Waals surface area contributed by atoms with Gasteiger partial charge in [-0.2, -0.15) is 0 Å². The minimum Gasteiger partial charge on any atom is -0.506 e.